The number of carbonyl (C=O) groups is 1. The van der Waals surface area contributed by atoms with Crippen LogP contribution in [0.3, 0.4) is 0 Å². The van der Waals surface area contributed by atoms with Crippen LogP contribution in [0.25, 0.3) is 17.4 Å². The van der Waals surface area contributed by atoms with Gasteiger partial charge < -0.3 is 15.1 Å². The van der Waals surface area contributed by atoms with Crippen LogP contribution in [0.1, 0.15) is 18.2 Å². The van der Waals surface area contributed by atoms with Gasteiger partial charge in [0.25, 0.3) is 5.91 Å². The summed E-state index contributed by atoms with van der Waals surface area (Å²) in [5.41, 5.74) is 2.93. The van der Waals surface area contributed by atoms with E-state index in [-0.39, 0.29) is 11.4 Å². The number of hydrogen-bond acceptors (Lipinski definition) is 4. The SMILES string of the molecule is CCc1ccc(N[C@@H]2NC(=O)/C(=C/c3ccc(-c4cccc(Cl)c4)o3)S2)cc1. The molecule has 0 bridgehead atoms. The fraction of sp³-hybridized carbons (Fsp3) is 0.136. The van der Waals surface area contributed by atoms with Crippen molar-refractivity contribution in [1.29, 1.82) is 0 Å². The van der Waals surface area contributed by atoms with Gasteiger partial charge >= 0.3 is 0 Å². The number of carbonyl (C=O) groups excluding carboxylic acids is 1. The van der Waals surface area contributed by atoms with Gasteiger partial charge in [-0.2, -0.15) is 0 Å². The number of aryl methyl sites for hydroxylation is 1. The van der Waals surface area contributed by atoms with Crippen LogP contribution < -0.4 is 10.6 Å². The number of hydrogen-bond donors (Lipinski definition) is 2. The number of thioether (sulfide) groups is 1. The number of benzene rings is 2. The molecule has 0 unspecified atom stereocenters. The van der Waals surface area contributed by atoms with Crippen LogP contribution in [-0.2, 0) is 11.2 Å². The molecule has 1 fully saturated rings. The van der Waals surface area contributed by atoms with Gasteiger partial charge in [-0.15, -0.1) is 0 Å². The lowest BCUT2D eigenvalue weighted by molar-refractivity contribution is -0.116. The number of amides is 1. The van der Waals surface area contributed by atoms with Crippen LogP contribution in [0, 0.1) is 0 Å². The molecular formula is C22H19ClN2O2S. The van der Waals surface area contributed by atoms with Gasteiger partial charge in [-0.3, -0.25) is 4.79 Å². The molecule has 3 aromatic rings. The van der Waals surface area contributed by atoms with Gasteiger partial charge in [0, 0.05) is 22.3 Å². The molecule has 28 heavy (non-hydrogen) atoms. The van der Waals surface area contributed by atoms with E-state index in [1.807, 2.05) is 48.5 Å². The van der Waals surface area contributed by atoms with Crippen molar-refractivity contribution in [2.75, 3.05) is 5.32 Å². The monoisotopic (exact) mass is 410 g/mol. The summed E-state index contributed by atoms with van der Waals surface area (Å²) >= 11 is 7.47. The summed E-state index contributed by atoms with van der Waals surface area (Å²) in [6.07, 6.45) is 2.76. The summed E-state index contributed by atoms with van der Waals surface area (Å²) < 4.78 is 5.87. The van der Waals surface area contributed by atoms with Crippen LogP contribution >= 0.6 is 23.4 Å². The van der Waals surface area contributed by atoms with E-state index in [0.717, 1.165) is 17.7 Å². The highest BCUT2D eigenvalue weighted by Crippen LogP contribution is 2.32. The second-order valence-electron chi connectivity index (χ2n) is 6.39. The Hall–Kier alpha value is -2.63. The Bertz CT molecular complexity index is 1030. The summed E-state index contributed by atoms with van der Waals surface area (Å²) in [6, 6.07) is 19.4. The molecule has 1 aromatic heterocycles. The largest absolute Gasteiger partial charge is 0.457 e. The minimum absolute atomic E-state index is 0.117. The molecule has 2 aromatic carbocycles. The molecule has 1 aliphatic heterocycles. The van der Waals surface area contributed by atoms with Gasteiger partial charge in [0.1, 0.15) is 11.5 Å². The van der Waals surface area contributed by atoms with Gasteiger partial charge in [0.15, 0.2) is 5.50 Å². The standard InChI is InChI=1S/C22H19ClN2O2S/c1-2-14-6-8-17(9-7-14)24-22-25-21(26)20(28-22)13-18-10-11-19(27-18)15-4-3-5-16(23)12-15/h3-13,22,24H,2H2,1H3,(H,25,26)/b20-13-/t22-/m1/s1. The molecule has 142 valence electrons. The Morgan fingerprint density at radius 3 is 2.75 bits per heavy atom. The highest BCUT2D eigenvalue weighted by molar-refractivity contribution is 8.05. The fourth-order valence-corrected chi connectivity index (χ4v) is 4.07. The van der Waals surface area contributed by atoms with E-state index in [0.29, 0.717) is 21.4 Å². The van der Waals surface area contributed by atoms with Crippen molar-refractivity contribution in [3.05, 3.63) is 81.9 Å². The first-order valence-electron chi connectivity index (χ1n) is 9.01. The van der Waals surface area contributed by atoms with Crippen molar-refractivity contribution in [1.82, 2.24) is 5.32 Å². The molecule has 2 N–H and O–H groups in total. The van der Waals surface area contributed by atoms with Crippen molar-refractivity contribution in [3.8, 4) is 11.3 Å². The zero-order chi connectivity index (χ0) is 19.5. The fourth-order valence-electron chi connectivity index (χ4n) is 2.91. The van der Waals surface area contributed by atoms with Crippen molar-refractivity contribution >= 4 is 41.0 Å². The number of rotatable bonds is 5. The third-order valence-corrected chi connectivity index (χ3v) is 5.66. The third-order valence-electron chi connectivity index (χ3n) is 4.40. The molecule has 6 heteroatoms. The van der Waals surface area contributed by atoms with Crippen molar-refractivity contribution in [2.24, 2.45) is 0 Å². The Kier molecular flexibility index (Phi) is 5.46. The third kappa shape index (κ3) is 4.26. The highest BCUT2D eigenvalue weighted by atomic mass is 35.5. The molecule has 2 heterocycles. The Labute approximate surface area is 173 Å². The maximum atomic E-state index is 12.3. The summed E-state index contributed by atoms with van der Waals surface area (Å²) in [5.74, 6) is 1.22. The van der Waals surface area contributed by atoms with E-state index >= 15 is 0 Å². The molecule has 1 amide bonds. The number of nitrogens with one attached hydrogen (secondary N) is 2. The number of halogens is 1. The maximum absolute atomic E-state index is 12.3. The second-order valence-corrected chi connectivity index (χ2v) is 7.97. The van der Waals surface area contributed by atoms with Crippen LogP contribution in [0.5, 0.6) is 0 Å². The normalized spacial score (nSPS) is 17.7. The first-order valence-corrected chi connectivity index (χ1v) is 10.3. The predicted octanol–water partition coefficient (Wildman–Crippen LogP) is 5.76. The Balaban J connectivity index is 1.46. The molecule has 1 aliphatic rings. The molecule has 0 aliphatic carbocycles. The summed E-state index contributed by atoms with van der Waals surface area (Å²) in [5, 5.41) is 6.91. The summed E-state index contributed by atoms with van der Waals surface area (Å²) in [4.78, 5) is 12.9. The molecular weight excluding hydrogens is 392 g/mol. The smallest absolute Gasteiger partial charge is 0.260 e. The van der Waals surface area contributed by atoms with E-state index in [1.54, 1.807) is 6.08 Å². The molecule has 0 saturated carbocycles. The zero-order valence-corrected chi connectivity index (χ0v) is 16.8. The first kappa shape index (κ1) is 18.7. The topological polar surface area (TPSA) is 54.3 Å². The molecule has 1 atom stereocenters. The van der Waals surface area contributed by atoms with E-state index in [4.69, 9.17) is 16.0 Å². The molecule has 4 rings (SSSR count). The summed E-state index contributed by atoms with van der Waals surface area (Å²) in [7, 11) is 0. The van der Waals surface area contributed by atoms with Crippen molar-refractivity contribution in [2.45, 2.75) is 18.8 Å². The Morgan fingerprint density at radius 2 is 2.00 bits per heavy atom. The highest BCUT2D eigenvalue weighted by Gasteiger charge is 2.27. The molecule has 0 radical (unpaired) electrons. The van der Waals surface area contributed by atoms with Gasteiger partial charge in [0.2, 0.25) is 0 Å². The zero-order valence-electron chi connectivity index (χ0n) is 15.2. The van der Waals surface area contributed by atoms with Crippen molar-refractivity contribution < 1.29 is 9.21 Å². The molecule has 1 saturated heterocycles. The van der Waals surface area contributed by atoms with Gasteiger partial charge in [-0.05, 0) is 48.4 Å². The minimum Gasteiger partial charge on any atom is -0.457 e. The van der Waals surface area contributed by atoms with Crippen LogP contribution in [0.15, 0.2) is 70.0 Å². The summed E-state index contributed by atoms with van der Waals surface area (Å²) in [6.45, 7) is 2.12. The lowest BCUT2D eigenvalue weighted by Gasteiger charge is -2.12. The van der Waals surface area contributed by atoms with Gasteiger partial charge in [-0.1, -0.05) is 54.6 Å². The van der Waals surface area contributed by atoms with Crippen LogP contribution in [-0.4, -0.2) is 11.4 Å². The second kappa shape index (κ2) is 8.17. The van der Waals surface area contributed by atoms with Crippen LogP contribution in [0.2, 0.25) is 5.02 Å². The van der Waals surface area contributed by atoms with Crippen molar-refractivity contribution in [3.63, 3.8) is 0 Å². The average molecular weight is 411 g/mol. The van der Waals surface area contributed by atoms with E-state index < -0.39 is 0 Å². The average Bonchev–Trinajstić information content (AvgIpc) is 3.29. The van der Waals surface area contributed by atoms with Gasteiger partial charge in [0.05, 0.1) is 4.91 Å². The van der Waals surface area contributed by atoms with Gasteiger partial charge in [-0.25, -0.2) is 0 Å². The first-order chi connectivity index (χ1) is 13.6. The number of anilines is 1. The van der Waals surface area contributed by atoms with Crippen LogP contribution in [0.4, 0.5) is 5.69 Å². The van der Waals surface area contributed by atoms with E-state index in [9.17, 15) is 4.79 Å². The molecule has 0 spiro atoms. The lowest BCUT2D eigenvalue weighted by Crippen LogP contribution is -2.30. The minimum atomic E-state index is -0.214. The maximum Gasteiger partial charge on any atom is 0.260 e. The Morgan fingerprint density at radius 1 is 1.18 bits per heavy atom. The number of furan rings is 1. The molecule has 4 nitrogen and oxygen atoms in total. The lowest BCUT2D eigenvalue weighted by atomic mass is 10.1. The van der Waals surface area contributed by atoms with E-state index in [2.05, 4.69) is 29.7 Å². The quantitative estimate of drug-likeness (QED) is 0.525. The predicted molar refractivity (Wildman–Crippen MR) is 116 cm³/mol. The van der Waals surface area contributed by atoms with E-state index in [1.165, 1.54) is 17.3 Å².